The average Bonchev–Trinajstić information content (AvgIpc) is 2.29. The van der Waals surface area contributed by atoms with E-state index in [-0.39, 0.29) is 25.5 Å². The fraction of sp³-hybridized carbons (Fsp3) is 1.00. The minimum atomic E-state index is -0.176. The van der Waals surface area contributed by atoms with E-state index < -0.39 is 0 Å². The molecule has 2 nitrogen and oxygen atoms in total. The van der Waals surface area contributed by atoms with E-state index in [0.717, 1.165) is 19.3 Å². The minimum Gasteiger partial charge on any atom is -0.356 e. The molecule has 0 fully saturated rings. The van der Waals surface area contributed by atoms with Crippen molar-refractivity contribution in [1.82, 2.24) is 0 Å². The Kier molecular flexibility index (Phi) is 8.17. The number of rotatable bonds is 8. The first-order valence-electron chi connectivity index (χ1n) is 5.64. The zero-order valence-corrected chi connectivity index (χ0v) is 12.2. The Hall–Kier alpha value is 0.640. The van der Waals surface area contributed by atoms with E-state index in [1.54, 1.807) is 7.11 Å². The zero-order chi connectivity index (χ0) is 11.9. The number of hydrogen-bond acceptors (Lipinski definition) is 2. The molecule has 0 radical (unpaired) electrons. The molecule has 0 saturated carbocycles. The smallest absolute Gasteiger partial charge is 0.155 e. The van der Waals surface area contributed by atoms with Gasteiger partial charge >= 0.3 is 0 Å². The van der Waals surface area contributed by atoms with Crippen LogP contribution in [-0.2, 0) is 9.47 Å². The molecule has 0 saturated heterocycles. The summed E-state index contributed by atoms with van der Waals surface area (Å²) < 4.78 is 11.0. The van der Waals surface area contributed by atoms with E-state index in [9.17, 15) is 0 Å². The molecule has 0 bridgehead atoms. The molecule has 3 atom stereocenters. The lowest BCUT2D eigenvalue weighted by Gasteiger charge is -2.38. The molecule has 0 aliphatic heterocycles. The highest BCUT2D eigenvalue weighted by molar-refractivity contribution is 7.68. The highest BCUT2D eigenvalue weighted by atomic mass is 35.7. The summed E-state index contributed by atoms with van der Waals surface area (Å²) in [6.07, 6.45) is 3.12. The number of methoxy groups -OCH3 is 1. The molecule has 0 aromatic carbocycles. The van der Waals surface area contributed by atoms with Crippen LogP contribution in [0.3, 0.4) is 0 Å². The van der Waals surface area contributed by atoms with Gasteiger partial charge in [0.15, 0.2) is 6.29 Å². The van der Waals surface area contributed by atoms with Crippen LogP contribution >= 0.6 is 19.2 Å². The maximum absolute atomic E-state index is 6.04. The van der Waals surface area contributed by atoms with E-state index in [2.05, 4.69) is 20.8 Å². The van der Waals surface area contributed by atoms with Crippen molar-refractivity contribution in [3.8, 4) is 0 Å². The Morgan fingerprint density at radius 1 is 1.20 bits per heavy atom. The van der Waals surface area contributed by atoms with Crippen molar-refractivity contribution in [3.63, 3.8) is 0 Å². The van der Waals surface area contributed by atoms with Crippen LogP contribution < -0.4 is 0 Å². The fourth-order valence-corrected chi connectivity index (χ4v) is 3.77. The highest BCUT2D eigenvalue weighted by Crippen LogP contribution is 2.46. The molecule has 0 spiro atoms. The summed E-state index contributed by atoms with van der Waals surface area (Å²) in [5, 5.41) is 0. The quantitative estimate of drug-likeness (QED) is 0.473. The molecule has 0 rings (SSSR count). The van der Waals surface area contributed by atoms with Crippen LogP contribution in [0.2, 0.25) is 0 Å². The van der Waals surface area contributed by atoms with E-state index in [1.807, 2.05) is 6.92 Å². The molecule has 3 unspecified atom stereocenters. The van der Waals surface area contributed by atoms with E-state index in [4.69, 9.17) is 20.7 Å². The van der Waals surface area contributed by atoms with Crippen LogP contribution in [0.25, 0.3) is 0 Å². The predicted octanol–water partition coefficient (Wildman–Crippen LogP) is 4.37. The number of hydrogen-bond donors (Lipinski definition) is 0. The maximum Gasteiger partial charge on any atom is 0.155 e. The van der Waals surface area contributed by atoms with E-state index in [1.165, 1.54) is 0 Å². The lowest BCUT2D eigenvalue weighted by molar-refractivity contribution is -0.150. The first kappa shape index (κ1) is 15.6. The van der Waals surface area contributed by atoms with Gasteiger partial charge in [-0.3, -0.25) is 0 Å². The van der Waals surface area contributed by atoms with Crippen molar-refractivity contribution < 1.29 is 9.47 Å². The molecule has 0 amide bonds. The van der Waals surface area contributed by atoms with Crippen molar-refractivity contribution in [2.45, 2.75) is 59.1 Å². The Morgan fingerprint density at radius 2 is 1.67 bits per heavy atom. The molecule has 0 aromatic heterocycles. The summed E-state index contributed by atoms with van der Waals surface area (Å²) in [5.41, 5.74) is 0.201. The zero-order valence-electron chi connectivity index (χ0n) is 10.5. The third-order valence-corrected chi connectivity index (χ3v) is 4.97. The molecule has 0 aliphatic carbocycles. The second-order valence-corrected chi connectivity index (χ2v) is 5.25. The fourth-order valence-electron chi connectivity index (χ4n) is 1.84. The van der Waals surface area contributed by atoms with Gasteiger partial charge < -0.3 is 9.47 Å². The van der Waals surface area contributed by atoms with Crippen LogP contribution in [0.4, 0.5) is 0 Å². The monoisotopic (exact) mass is 254 g/mol. The van der Waals surface area contributed by atoms with Gasteiger partial charge in [0.25, 0.3) is 0 Å². The first-order valence-corrected chi connectivity index (χ1v) is 7.73. The number of ether oxygens (including phenoxy) is 2. The van der Waals surface area contributed by atoms with E-state index in [0.29, 0.717) is 0 Å². The summed E-state index contributed by atoms with van der Waals surface area (Å²) >= 11 is 6.04. The van der Waals surface area contributed by atoms with Gasteiger partial charge in [-0.1, -0.05) is 32.0 Å². The van der Waals surface area contributed by atoms with Crippen LogP contribution in [0.1, 0.15) is 47.0 Å². The Bertz CT molecular complexity index is 154. The topological polar surface area (TPSA) is 18.5 Å². The molecule has 0 aliphatic rings. The van der Waals surface area contributed by atoms with Crippen LogP contribution in [-0.4, -0.2) is 19.2 Å². The Morgan fingerprint density at radius 3 is 1.93 bits per heavy atom. The third-order valence-electron chi connectivity index (χ3n) is 3.43. The van der Waals surface area contributed by atoms with Gasteiger partial charge in [-0.2, -0.15) is 0 Å². The van der Waals surface area contributed by atoms with Gasteiger partial charge in [-0.05, 0) is 26.2 Å². The van der Waals surface area contributed by atoms with Crippen molar-refractivity contribution >= 4 is 19.2 Å². The van der Waals surface area contributed by atoms with E-state index >= 15 is 0 Å². The molecule has 4 heteroatoms. The van der Waals surface area contributed by atoms with Crippen molar-refractivity contribution in [2.75, 3.05) is 7.11 Å². The van der Waals surface area contributed by atoms with Gasteiger partial charge in [0.1, 0.15) is 0 Å². The van der Waals surface area contributed by atoms with Gasteiger partial charge in [0, 0.05) is 20.5 Å². The lowest BCUT2D eigenvalue weighted by Crippen LogP contribution is -2.35. The molecule has 0 aromatic rings. The maximum atomic E-state index is 6.04. The van der Waals surface area contributed by atoms with Crippen molar-refractivity contribution in [1.29, 1.82) is 0 Å². The molecule has 15 heavy (non-hydrogen) atoms. The molecular weight excluding hydrogens is 231 g/mol. The second kappa shape index (κ2) is 7.84. The summed E-state index contributed by atoms with van der Waals surface area (Å²) in [4.78, 5) is 0. The summed E-state index contributed by atoms with van der Waals surface area (Å²) in [5.74, 6) is 0.106. The summed E-state index contributed by atoms with van der Waals surface area (Å²) in [6.45, 7) is 8.53. The van der Waals surface area contributed by atoms with Gasteiger partial charge in [-0.25, -0.2) is 0 Å². The van der Waals surface area contributed by atoms with Crippen molar-refractivity contribution in [3.05, 3.63) is 0 Å². The van der Waals surface area contributed by atoms with Crippen LogP contribution in [0.5, 0.6) is 0 Å². The molecular formula is C11H24ClO2P. The van der Waals surface area contributed by atoms with Gasteiger partial charge in [0.05, 0.1) is 5.85 Å². The van der Waals surface area contributed by atoms with Gasteiger partial charge in [0.2, 0.25) is 0 Å². The largest absolute Gasteiger partial charge is 0.356 e. The molecule has 92 valence electrons. The van der Waals surface area contributed by atoms with Crippen molar-refractivity contribution in [2.24, 2.45) is 5.41 Å². The Labute approximate surface area is 101 Å². The SMILES string of the molecule is CCC(CC)(CC)C(OC(C)OC)PCl. The number of halogens is 1. The highest BCUT2D eigenvalue weighted by Gasteiger charge is 2.35. The van der Waals surface area contributed by atoms with Crippen LogP contribution in [0.15, 0.2) is 0 Å². The average molecular weight is 255 g/mol. The summed E-state index contributed by atoms with van der Waals surface area (Å²) in [6, 6.07) is 0. The third kappa shape index (κ3) is 4.19. The minimum absolute atomic E-state index is 0.106. The standard InChI is InChI=1S/C11H24ClO2P/c1-6-11(7-2,8-3)10(15-12)14-9(4)13-5/h9-10,15H,6-8H2,1-5H3. The Balaban J connectivity index is 4.58. The lowest BCUT2D eigenvalue weighted by atomic mass is 9.80. The normalized spacial score (nSPS) is 17.2. The first-order chi connectivity index (χ1) is 7.10. The molecule has 0 heterocycles. The van der Waals surface area contributed by atoms with Gasteiger partial charge in [-0.15, -0.1) is 0 Å². The second-order valence-electron chi connectivity index (χ2n) is 3.85. The predicted molar refractivity (Wildman–Crippen MR) is 68.8 cm³/mol. The van der Waals surface area contributed by atoms with Crippen LogP contribution in [0, 0.1) is 5.41 Å². The molecule has 0 N–H and O–H groups in total. The summed E-state index contributed by atoms with van der Waals surface area (Å²) in [7, 11) is 1.94.